The van der Waals surface area contributed by atoms with E-state index in [4.69, 9.17) is 0 Å². The fourth-order valence-corrected chi connectivity index (χ4v) is 3.54. The first-order valence-electron chi connectivity index (χ1n) is 9.82. The van der Waals surface area contributed by atoms with Gasteiger partial charge in [0.25, 0.3) is 11.8 Å². The van der Waals surface area contributed by atoms with Crippen LogP contribution >= 0.6 is 0 Å². The standard InChI is InChI=1S/C24H23N3O2/c1-17-11-13-18(14-12-17)16-25-23(28)20-8-4-9-21(26-20)24(29)27-15-5-7-19-6-2-3-10-22(19)27/h2-4,6,8-14H,5,7,15-16H2,1H3,(H,25,28). The SMILES string of the molecule is Cc1ccc(CNC(=O)c2cccc(C(=O)N3CCCc4ccccc43)n2)cc1. The average Bonchev–Trinajstić information content (AvgIpc) is 2.77. The van der Waals surface area contributed by atoms with Gasteiger partial charge in [0.05, 0.1) is 0 Å². The number of nitrogens with zero attached hydrogens (tertiary/aromatic N) is 2. The monoisotopic (exact) mass is 385 g/mol. The second-order valence-electron chi connectivity index (χ2n) is 7.27. The minimum Gasteiger partial charge on any atom is -0.347 e. The molecule has 1 aliphatic rings. The summed E-state index contributed by atoms with van der Waals surface area (Å²) in [7, 11) is 0. The van der Waals surface area contributed by atoms with Crippen LogP contribution in [0.5, 0.6) is 0 Å². The molecule has 2 aromatic carbocycles. The second kappa shape index (κ2) is 8.27. The van der Waals surface area contributed by atoms with Gasteiger partial charge in [-0.1, -0.05) is 54.1 Å². The molecule has 2 amide bonds. The Balaban J connectivity index is 1.49. The van der Waals surface area contributed by atoms with Crippen molar-refractivity contribution in [2.24, 2.45) is 0 Å². The molecule has 5 nitrogen and oxygen atoms in total. The van der Waals surface area contributed by atoms with Crippen molar-refractivity contribution in [3.63, 3.8) is 0 Å². The third kappa shape index (κ3) is 4.19. The summed E-state index contributed by atoms with van der Waals surface area (Å²) in [5.74, 6) is -0.468. The van der Waals surface area contributed by atoms with E-state index in [2.05, 4.69) is 16.4 Å². The van der Waals surface area contributed by atoms with E-state index in [0.29, 0.717) is 13.1 Å². The number of carbonyl (C=O) groups excluding carboxylic acids is 2. The normalized spacial score (nSPS) is 12.9. The maximum atomic E-state index is 13.1. The third-order valence-electron chi connectivity index (χ3n) is 5.13. The van der Waals surface area contributed by atoms with Crippen molar-refractivity contribution < 1.29 is 9.59 Å². The zero-order valence-corrected chi connectivity index (χ0v) is 16.4. The van der Waals surface area contributed by atoms with Gasteiger partial charge in [0.2, 0.25) is 0 Å². The lowest BCUT2D eigenvalue weighted by molar-refractivity contribution is 0.0945. The van der Waals surface area contributed by atoms with Gasteiger partial charge in [0.1, 0.15) is 11.4 Å². The predicted molar refractivity (Wildman–Crippen MR) is 113 cm³/mol. The lowest BCUT2D eigenvalue weighted by atomic mass is 10.0. The Labute approximate surface area is 170 Å². The molecule has 1 aliphatic heterocycles. The van der Waals surface area contributed by atoms with Gasteiger partial charge < -0.3 is 10.2 Å². The van der Waals surface area contributed by atoms with Crippen LogP contribution < -0.4 is 10.2 Å². The largest absolute Gasteiger partial charge is 0.347 e. The Hall–Kier alpha value is -3.47. The number of nitrogens with one attached hydrogen (secondary N) is 1. The van der Waals surface area contributed by atoms with Crippen molar-refractivity contribution in [1.82, 2.24) is 10.3 Å². The van der Waals surface area contributed by atoms with Crippen molar-refractivity contribution in [3.8, 4) is 0 Å². The number of hydrogen-bond acceptors (Lipinski definition) is 3. The molecule has 146 valence electrons. The molecule has 4 rings (SSSR count). The van der Waals surface area contributed by atoms with Gasteiger partial charge in [-0.15, -0.1) is 0 Å². The van der Waals surface area contributed by atoms with Crippen LogP contribution in [0.4, 0.5) is 5.69 Å². The number of pyridine rings is 1. The summed E-state index contributed by atoms with van der Waals surface area (Å²) in [6.07, 6.45) is 1.88. The zero-order valence-electron chi connectivity index (χ0n) is 16.4. The number of para-hydroxylation sites is 1. The van der Waals surface area contributed by atoms with E-state index in [9.17, 15) is 9.59 Å². The van der Waals surface area contributed by atoms with Crippen LogP contribution in [0.25, 0.3) is 0 Å². The zero-order chi connectivity index (χ0) is 20.2. The maximum Gasteiger partial charge on any atom is 0.276 e. The highest BCUT2D eigenvalue weighted by molar-refractivity contribution is 6.06. The highest BCUT2D eigenvalue weighted by Crippen LogP contribution is 2.27. The Bertz CT molecular complexity index is 1040. The van der Waals surface area contributed by atoms with E-state index in [1.165, 1.54) is 11.1 Å². The lowest BCUT2D eigenvalue weighted by Gasteiger charge is -2.29. The molecule has 0 fully saturated rings. The molecule has 0 saturated carbocycles. The van der Waals surface area contributed by atoms with Crippen molar-refractivity contribution in [2.45, 2.75) is 26.3 Å². The van der Waals surface area contributed by atoms with E-state index >= 15 is 0 Å². The maximum absolute atomic E-state index is 13.1. The van der Waals surface area contributed by atoms with E-state index in [1.807, 2.05) is 49.4 Å². The molecular weight excluding hydrogens is 362 g/mol. The first kappa shape index (κ1) is 18.9. The third-order valence-corrected chi connectivity index (χ3v) is 5.13. The summed E-state index contributed by atoms with van der Waals surface area (Å²) in [4.78, 5) is 31.7. The number of aryl methyl sites for hydroxylation is 2. The number of fused-ring (bicyclic) bond motifs is 1. The fourth-order valence-electron chi connectivity index (χ4n) is 3.54. The molecule has 0 spiro atoms. The highest BCUT2D eigenvalue weighted by atomic mass is 16.2. The lowest BCUT2D eigenvalue weighted by Crippen LogP contribution is -2.36. The molecular formula is C24H23N3O2. The van der Waals surface area contributed by atoms with Crippen molar-refractivity contribution in [1.29, 1.82) is 0 Å². The fraction of sp³-hybridized carbons (Fsp3) is 0.208. The summed E-state index contributed by atoms with van der Waals surface area (Å²) in [6.45, 7) is 3.09. The van der Waals surface area contributed by atoms with Gasteiger partial charge in [-0.25, -0.2) is 4.98 Å². The van der Waals surface area contributed by atoms with Gasteiger partial charge in [0.15, 0.2) is 0 Å². The molecule has 0 bridgehead atoms. The molecule has 5 heteroatoms. The van der Waals surface area contributed by atoms with Crippen molar-refractivity contribution in [3.05, 3.63) is 94.8 Å². The molecule has 29 heavy (non-hydrogen) atoms. The van der Waals surface area contributed by atoms with Gasteiger partial charge in [-0.05, 0) is 49.1 Å². The second-order valence-corrected chi connectivity index (χ2v) is 7.27. The Morgan fingerprint density at radius 2 is 1.72 bits per heavy atom. The summed E-state index contributed by atoms with van der Waals surface area (Å²) in [5, 5.41) is 2.87. The first-order chi connectivity index (χ1) is 14.1. The molecule has 0 radical (unpaired) electrons. The van der Waals surface area contributed by atoms with Crippen LogP contribution in [0.3, 0.4) is 0 Å². The molecule has 3 aromatic rings. The van der Waals surface area contributed by atoms with Crippen LogP contribution in [0.15, 0.2) is 66.7 Å². The molecule has 0 saturated heterocycles. The van der Waals surface area contributed by atoms with Crippen LogP contribution in [0.2, 0.25) is 0 Å². The number of hydrogen-bond donors (Lipinski definition) is 1. The highest BCUT2D eigenvalue weighted by Gasteiger charge is 2.24. The average molecular weight is 385 g/mol. The van der Waals surface area contributed by atoms with E-state index < -0.39 is 0 Å². The van der Waals surface area contributed by atoms with E-state index in [1.54, 1.807) is 23.1 Å². The molecule has 2 heterocycles. The minimum absolute atomic E-state index is 0.176. The predicted octanol–water partition coefficient (Wildman–Crippen LogP) is 3.91. The van der Waals surface area contributed by atoms with E-state index in [-0.39, 0.29) is 23.2 Å². The Kier molecular flexibility index (Phi) is 5.38. The van der Waals surface area contributed by atoms with Crippen LogP contribution in [0, 0.1) is 6.92 Å². The molecule has 1 N–H and O–H groups in total. The minimum atomic E-state index is -0.292. The summed E-state index contributed by atoms with van der Waals surface area (Å²) in [6, 6.07) is 20.9. The van der Waals surface area contributed by atoms with Gasteiger partial charge in [-0.3, -0.25) is 9.59 Å². The summed E-state index contributed by atoms with van der Waals surface area (Å²) >= 11 is 0. The van der Waals surface area contributed by atoms with Gasteiger partial charge in [0, 0.05) is 18.8 Å². The summed E-state index contributed by atoms with van der Waals surface area (Å²) < 4.78 is 0. The quantitative estimate of drug-likeness (QED) is 0.741. The summed E-state index contributed by atoms with van der Waals surface area (Å²) in [5.41, 5.74) is 4.81. The van der Waals surface area contributed by atoms with Crippen molar-refractivity contribution >= 4 is 17.5 Å². The number of rotatable bonds is 4. The number of benzene rings is 2. The van der Waals surface area contributed by atoms with Crippen molar-refractivity contribution in [2.75, 3.05) is 11.4 Å². The Morgan fingerprint density at radius 1 is 0.966 bits per heavy atom. The molecule has 1 aromatic heterocycles. The van der Waals surface area contributed by atoms with Crippen LogP contribution in [-0.4, -0.2) is 23.3 Å². The van der Waals surface area contributed by atoms with Gasteiger partial charge >= 0.3 is 0 Å². The number of carbonyl (C=O) groups is 2. The number of amides is 2. The molecule has 0 atom stereocenters. The molecule has 0 aliphatic carbocycles. The number of anilines is 1. The van der Waals surface area contributed by atoms with Gasteiger partial charge in [-0.2, -0.15) is 0 Å². The van der Waals surface area contributed by atoms with Crippen LogP contribution in [0.1, 0.15) is 44.1 Å². The number of aromatic nitrogens is 1. The van der Waals surface area contributed by atoms with E-state index in [0.717, 1.165) is 24.1 Å². The van der Waals surface area contributed by atoms with Crippen LogP contribution in [-0.2, 0) is 13.0 Å². The first-order valence-corrected chi connectivity index (χ1v) is 9.82. The topological polar surface area (TPSA) is 62.3 Å². The molecule has 0 unspecified atom stereocenters. The Morgan fingerprint density at radius 3 is 2.55 bits per heavy atom. The smallest absolute Gasteiger partial charge is 0.276 e.